The van der Waals surface area contributed by atoms with Crippen molar-refractivity contribution in [1.29, 1.82) is 0 Å². The molecule has 1 fully saturated rings. The van der Waals surface area contributed by atoms with E-state index in [0.717, 1.165) is 0 Å². The first-order valence-corrected chi connectivity index (χ1v) is 10.6. The van der Waals surface area contributed by atoms with Crippen LogP contribution in [0.5, 0.6) is 0 Å². The minimum atomic E-state index is 0.610. The van der Waals surface area contributed by atoms with Crippen molar-refractivity contribution in [1.82, 2.24) is 5.32 Å². The van der Waals surface area contributed by atoms with Crippen LogP contribution in [0.1, 0.15) is 62.5 Å². The zero-order valence-electron chi connectivity index (χ0n) is 16.3. The van der Waals surface area contributed by atoms with Gasteiger partial charge in [0.25, 0.3) is 0 Å². The summed E-state index contributed by atoms with van der Waals surface area (Å²) in [6, 6.07) is 22.0. The second kappa shape index (κ2) is 10.5. The van der Waals surface area contributed by atoms with E-state index in [9.17, 15) is 0 Å². The third kappa shape index (κ3) is 6.29. The van der Waals surface area contributed by atoms with Crippen LogP contribution in [-0.4, -0.2) is 13.1 Å². The lowest BCUT2D eigenvalue weighted by Crippen LogP contribution is -2.36. The van der Waals surface area contributed by atoms with Gasteiger partial charge in [-0.3, -0.25) is 0 Å². The molecule has 1 nitrogen and oxygen atoms in total. The molecule has 2 aromatic carbocycles. The molecule has 0 bridgehead atoms. The molecular weight excluding hydrogens is 314 g/mol. The number of aryl methyl sites for hydroxylation is 2. The first-order chi connectivity index (χ1) is 12.9. The molecule has 1 saturated heterocycles. The SMILES string of the molecule is c1ccc(CCCCC2(CCCCc3ccccc3)CCNCC2)cc1. The molecule has 0 spiro atoms. The van der Waals surface area contributed by atoms with E-state index in [1.165, 1.54) is 88.4 Å². The predicted octanol–water partition coefficient (Wildman–Crippen LogP) is 6.18. The van der Waals surface area contributed by atoms with Gasteiger partial charge in [-0.1, -0.05) is 73.5 Å². The van der Waals surface area contributed by atoms with Gasteiger partial charge in [0.1, 0.15) is 0 Å². The third-order valence-electron chi connectivity index (χ3n) is 6.19. The van der Waals surface area contributed by atoms with Gasteiger partial charge >= 0.3 is 0 Å². The topological polar surface area (TPSA) is 12.0 Å². The Morgan fingerprint density at radius 3 is 1.54 bits per heavy atom. The van der Waals surface area contributed by atoms with Gasteiger partial charge in [0.2, 0.25) is 0 Å². The molecule has 0 unspecified atom stereocenters. The average Bonchev–Trinajstić information content (AvgIpc) is 2.71. The van der Waals surface area contributed by atoms with Crippen molar-refractivity contribution in [2.75, 3.05) is 13.1 Å². The lowest BCUT2D eigenvalue weighted by Gasteiger charge is -2.38. The molecule has 0 aromatic heterocycles. The maximum Gasteiger partial charge on any atom is -0.00436 e. The largest absolute Gasteiger partial charge is 0.317 e. The molecule has 140 valence electrons. The van der Waals surface area contributed by atoms with Crippen LogP contribution < -0.4 is 5.32 Å². The summed E-state index contributed by atoms with van der Waals surface area (Å²) in [5, 5.41) is 3.57. The van der Waals surface area contributed by atoms with Crippen LogP contribution in [0.3, 0.4) is 0 Å². The molecule has 0 amide bonds. The summed E-state index contributed by atoms with van der Waals surface area (Å²) >= 11 is 0. The number of unbranched alkanes of at least 4 members (excludes halogenated alkanes) is 2. The zero-order chi connectivity index (χ0) is 17.9. The monoisotopic (exact) mass is 349 g/mol. The Morgan fingerprint density at radius 2 is 1.08 bits per heavy atom. The molecule has 26 heavy (non-hydrogen) atoms. The molecule has 1 aliphatic heterocycles. The highest BCUT2D eigenvalue weighted by Crippen LogP contribution is 2.39. The van der Waals surface area contributed by atoms with Crippen LogP contribution in [0, 0.1) is 5.41 Å². The van der Waals surface area contributed by atoms with Crippen molar-refractivity contribution < 1.29 is 0 Å². The Labute approximate surface area is 160 Å². The summed E-state index contributed by atoms with van der Waals surface area (Å²) in [6.07, 6.45) is 13.5. The normalized spacial score (nSPS) is 16.5. The molecule has 1 heterocycles. The van der Waals surface area contributed by atoms with E-state index < -0.39 is 0 Å². The van der Waals surface area contributed by atoms with Crippen LogP contribution in [-0.2, 0) is 12.8 Å². The number of rotatable bonds is 10. The quantitative estimate of drug-likeness (QED) is 0.505. The van der Waals surface area contributed by atoms with E-state index >= 15 is 0 Å². The Hall–Kier alpha value is -1.60. The molecule has 3 rings (SSSR count). The summed E-state index contributed by atoms with van der Waals surface area (Å²) in [5.41, 5.74) is 3.60. The Bertz CT molecular complexity index is 549. The van der Waals surface area contributed by atoms with Crippen LogP contribution in [0.4, 0.5) is 0 Å². The maximum absolute atomic E-state index is 3.57. The molecule has 2 aromatic rings. The second-order valence-electron chi connectivity index (χ2n) is 8.14. The van der Waals surface area contributed by atoms with Gasteiger partial charge < -0.3 is 5.32 Å². The van der Waals surface area contributed by atoms with Gasteiger partial charge in [-0.2, -0.15) is 0 Å². The number of hydrogen-bond acceptors (Lipinski definition) is 1. The highest BCUT2D eigenvalue weighted by molar-refractivity contribution is 5.15. The van der Waals surface area contributed by atoms with E-state index in [2.05, 4.69) is 66.0 Å². The smallest absolute Gasteiger partial charge is 0.00436 e. The zero-order valence-corrected chi connectivity index (χ0v) is 16.3. The second-order valence-corrected chi connectivity index (χ2v) is 8.14. The maximum atomic E-state index is 3.57. The van der Waals surface area contributed by atoms with Crippen molar-refractivity contribution in [3.63, 3.8) is 0 Å². The van der Waals surface area contributed by atoms with Gasteiger partial charge in [0, 0.05) is 0 Å². The van der Waals surface area contributed by atoms with Crippen LogP contribution in [0.25, 0.3) is 0 Å². The first-order valence-electron chi connectivity index (χ1n) is 10.6. The van der Waals surface area contributed by atoms with Crippen molar-refractivity contribution in [2.45, 2.75) is 64.2 Å². The molecule has 0 saturated carbocycles. The van der Waals surface area contributed by atoms with Gasteiger partial charge in [-0.15, -0.1) is 0 Å². The van der Waals surface area contributed by atoms with Crippen molar-refractivity contribution in [3.05, 3.63) is 71.8 Å². The Morgan fingerprint density at radius 1 is 0.615 bits per heavy atom. The third-order valence-corrected chi connectivity index (χ3v) is 6.19. The van der Waals surface area contributed by atoms with Gasteiger partial charge in [0.05, 0.1) is 0 Å². The summed E-state index contributed by atoms with van der Waals surface area (Å²) in [6.45, 7) is 2.44. The van der Waals surface area contributed by atoms with Crippen molar-refractivity contribution >= 4 is 0 Å². The van der Waals surface area contributed by atoms with Crippen LogP contribution in [0.15, 0.2) is 60.7 Å². The van der Waals surface area contributed by atoms with Crippen molar-refractivity contribution in [3.8, 4) is 0 Å². The molecule has 0 radical (unpaired) electrons. The Kier molecular flexibility index (Phi) is 7.76. The fourth-order valence-electron chi connectivity index (χ4n) is 4.53. The minimum Gasteiger partial charge on any atom is -0.317 e. The van der Waals surface area contributed by atoms with E-state index in [4.69, 9.17) is 0 Å². The number of hydrogen-bond donors (Lipinski definition) is 1. The first kappa shape index (κ1) is 19.2. The van der Waals surface area contributed by atoms with Crippen LogP contribution in [0.2, 0.25) is 0 Å². The van der Waals surface area contributed by atoms with Gasteiger partial charge in [-0.05, 0) is 81.0 Å². The standard InChI is InChI=1S/C25H35N/c1-3-11-23(12-4-1)15-7-9-17-25(19-21-26-22-20-25)18-10-8-16-24-13-5-2-6-14-24/h1-6,11-14,26H,7-10,15-22H2. The summed E-state index contributed by atoms with van der Waals surface area (Å²) in [5.74, 6) is 0. The summed E-state index contributed by atoms with van der Waals surface area (Å²) < 4.78 is 0. The predicted molar refractivity (Wildman–Crippen MR) is 113 cm³/mol. The average molecular weight is 350 g/mol. The Balaban J connectivity index is 1.40. The highest BCUT2D eigenvalue weighted by Gasteiger charge is 2.30. The van der Waals surface area contributed by atoms with Gasteiger partial charge in [0.15, 0.2) is 0 Å². The van der Waals surface area contributed by atoms with E-state index in [-0.39, 0.29) is 0 Å². The fourth-order valence-corrected chi connectivity index (χ4v) is 4.53. The van der Waals surface area contributed by atoms with Crippen molar-refractivity contribution in [2.24, 2.45) is 5.41 Å². The molecule has 1 heteroatoms. The summed E-state index contributed by atoms with van der Waals surface area (Å²) in [4.78, 5) is 0. The van der Waals surface area contributed by atoms with E-state index in [0.29, 0.717) is 5.41 Å². The van der Waals surface area contributed by atoms with E-state index in [1.807, 2.05) is 0 Å². The lowest BCUT2D eigenvalue weighted by molar-refractivity contribution is 0.158. The molecule has 1 N–H and O–H groups in total. The molecule has 1 aliphatic rings. The van der Waals surface area contributed by atoms with E-state index in [1.54, 1.807) is 0 Å². The number of piperidine rings is 1. The van der Waals surface area contributed by atoms with Gasteiger partial charge in [-0.25, -0.2) is 0 Å². The molecule has 0 aliphatic carbocycles. The summed E-state index contributed by atoms with van der Waals surface area (Å²) in [7, 11) is 0. The minimum absolute atomic E-state index is 0.610. The molecular formula is C25H35N. The number of benzene rings is 2. The number of nitrogens with one attached hydrogen (secondary N) is 1. The highest BCUT2D eigenvalue weighted by atomic mass is 14.9. The fraction of sp³-hybridized carbons (Fsp3) is 0.520. The lowest BCUT2D eigenvalue weighted by atomic mass is 9.71. The van der Waals surface area contributed by atoms with Crippen LogP contribution >= 0.6 is 0 Å². The molecule has 0 atom stereocenters.